The Morgan fingerprint density at radius 1 is 1.29 bits per heavy atom. The van der Waals surface area contributed by atoms with Crippen LogP contribution in [-0.2, 0) is 9.53 Å². The van der Waals surface area contributed by atoms with Crippen LogP contribution in [-0.4, -0.2) is 42.8 Å². The average molecular weight is 313 g/mol. The first-order valence-corrected chi connectivity index (χ1v) is 7.41. The Balaban J connectivity index is 2.62. The Morgan fingerprint density at radius 2 is 2.00 bits per heavy atom. The summed E-state index contributed by atoms with van der Waals surface area (Å²) in [4.78, 5) is 38.7. The van der Waals surface area contributed by atoms with Crippen molar-refractivity contribution in [2.45, 2.75) is 26.7 Å². The van der Waals surface area contributed by atoms with Crippen LogP contribution >= 0.6 is 11.3 Å². The normalized spacial score (nSPS) is 10.0. The minimum Gasteiger partial charge on any atom is -0.464 e. The van der Waals surface area contributed by atoms with Gasteiger partial charge in [0.05, 0.1) is 7.11 Å². The molecule has 0 atom stereocenters. The Kier molecular flexibility index (Phi) is 6.80. The number of methoxy groups -OCH3 is 1. The van der Waals surface area contributed by atoms with Crippen molar-refractivity contribution in [3.8, 4) is 0 Å². The highest BCUT2D eigenvalue weighted by Crippen LogP contribution is 2.24. The van der Waals surface area contributed by atoms with Crippen molar-refractivity contribution in [1.82, 2.24) is 10.3 Å². The van der Waals surface area contributed by atoms with E-state index < -0.39 is 5.97 Å². The lowest BCUT2D eigenvalue weighted by atomic mass is 10.3. The lowest BCUT2D eigenvalue weighted by Crippen LogP contribution is -2.25. The zero-order valence-corrected chi connectivity index (χ0v) is 13.1. The van der Waals surface area contributed by atoms with Crippen LogP contribution in [0.25, 0.3) is 0 Å². The zero-order chi connectivity index (χ0) is 15.8. The van der Waals surface area contributed by atoms with E-state index in [0.717, 1.165) is 17.8 Å². The van der Waals surface area contributed by atoms with Gasteiger partial charge < -0.3 is 15.4 Å². The highest BCUT2D eigenvalue weighted by atomic mass is 32.1. The lowest BCUT2D eigenvalue weighted by Gasteiger charge is -2.03. The van der Waals surface area contributed by atoms with Crippen molar-refractivity contribution in [1.29, 1.82) is 0 Å². The second kappa shape index (κ2) is 8.35. The molecule has 1 heterocycles. The minimum absolute atomic E-state index is 0.00735. The van der Waals surface area contributed by atoms with Gasteiger partial charge in [0, 0.05) is 26.4 Å². The largest absolute Gasteiger partial charge is 0.464 e. The molecule has 1 aromatic rings. The fraction of sp³-hybridized carbons (Fsp3) is 0.538. The van der Waals surface area contributed by atoms with Gasteiger partial charge in [-0.25, -0.2) is 9.78 Å². The highest BCUT2D eigenvalue weighted by molar-refractivity contribution is 7.17. The topological polar surface area (TPSA) is 97.4 Å². The number of carbonyl (C=O) groups excluding carboxylic acids is 3. The maximum Gasteiger partial charge on any atom is 0.358 e. The molecule has 0 fully saturated rings. The number of nitrogens with zero attached hydrogens (tertiary/aromatic N) is 1. The van der Waals surface area contributed by atoms with Gasteiger partial charge in [-0.05, 0) is 6.42 Å². The number of ketones is 1. The van der Waals surface area contributed by atoms with Crippen LogP contribution in [0.5, 0.6) is 0 Å². The molecule has 1 amide bonds. The first-order valence-electron chi connectivity index (χ1n) is 6.60. The van der Waals surface area contributed by atoms with Gasteiger partial charge in [-0.1, -0.05) is 18.3 Å². The molecule has 0 aliphatic heterocycles. The van der Waals surface area contributed by atoms with Crippen molar-refractivity contribution in [3.05, 3.63) is 10.6 Å². The molecule has 1 rings (SSSR count). The van der Waals surface area contributed by atoms with E-state index in [1.54, 1.807) is 0 Å². The third-order valence-corrected chi connectivity index (χ3v) is 3.64. The fourth-order valence-electron chi connectivity index (χ4n) is 1.51. The number of aromatic nitrogens is 1. The maximum atomic E-state index is 11.5. The van der Waals surface area contributed by atoms with E-state index in [4.69, 9.17) is 0 Å². The monoisotopic (exact) mass is 313 g/mol. The SMILES string of the molecule is CCCNC(=O)CCNc1nc(C(=O)OC)c(C(C)=O)s1. The summed E-state index contributed by atoms with van der Waals surface area (Å²) in [7, 11) is 1.23. The number of thiazole rings is 1. The van der Waals surface area contributed by atoms with Gasteiger partial charge in [0.2, 0.25) is 5.91 Å². The van der Waals surface area contributed by atoms with E-state index in [0.29, 0.717) is 24.6 Å². The standard InChI is InChI=1S/C13H19N3O4S/c1-4-6-14-9(18)5-7-15-13-16-10(12(19)20-3)11(21-13)8(2)17/h4-7H2,1-3H3,(H,14,18)(H,15,16). The summed E-state index contributed by atoms with van der Waals surface area (Å²) in [6, 6.07) is 0. The van der Waals surface area contributed by atoms with Crippen molar-refractivity contribution < 1.29 is 19.1 Å². The summed E-state index contributed by atoms with van der Waals surface area (Å²) in [6.07, 6.45) is 1.18. The molecular formula is C13H19N3O4S. The number of carbonyl (C=O) groups is 3. The van der Waals surface area contributed by atoms with E-state index in [1.807, 2.05) is 6.92 Å². The zero-order valence-electron chi connectivity index (χ0n) is 12.3. The van der Waals surface area contributed by atoms with Gasteiger partial charge in [-0.3, -0.25) is 9.59 Å². The van der Waals surface area contributed by atoms with E-state index in [1.165, 1.54) is 14.0 Å². The summed E-state index contributed by atoms with van der Waals surface area (Å²) in [5, 5.41) is 6.11. The molecule has 21 heavy (non-hydrogen) atoms. The smallest absolute Gasteiger partial charge is 0.358 e. The molecule has 0 aliphatic rings. The van der Waals surface area contributed by atoms with E-state index in [2.05, 4.69) is 20.4 Å². The fourth-order valence-corrected chi connectivity index (χ4v) is 2.38. The molecular weight excluding hydrogens is 294 g/mol. The molecule has 0 aromatic carbocycles. The Bertz CT molecular complexity index is 527. The van der Waals surface area contributed by atoms with E-state index in [9.17, 15) is 14.4 Å². The Labute approximate surface area is 127 Å². The van der Waals surface area contributed by atoms with Crippen molar-refractivity contribution in [3.63, 3.8) is 0 Å². The third-order valence-electron chi connectivity index (χ3n) is 2.53. The molecule has 0 bridgehead atoms. The molecule has 7 nitrogen and oxygen atoms in total. The van der Waals surface area contributed by atoms with Crippen LogP contribution in [0.3, 0.4) is 0 Å². The second-order valence-electron chi connectivity index (χ2n) is 4.27. The summed E-state index contributed by atoms with van der Waals surface area (Å²) >= 11 is 1.08. The Hall–Kier alpha value is -1.96. The van der Waals surface area contributed by atoms with Crippen LogP contribution in [0, 0.1) is 0 Å². The van der Waals surface area contributed by atoms with Gasteiger partial charge in [-0.2, -0.15) is 0 Å². The number of ether oxygens (including phenoxy) is 1. The predicted octanol–water partition coefficient (Wildman–Crippen LogP) is 1.46. The van der Waals surface area contributed by atoms with Crippen molar-refractivity contribution in [2.24, 2.45) is 0 Å². The first kappa shape index (κ1) is 17.1. The van der Waals surface area contributed by atoms with Crippen LogP contribution < -0.4 is 10.6 Å². The van der Waals surface area contributed by atoms with E-state index in [-0.39, 0.29) is 22.3 Å². The predicted molar refractivity (Wildman–Crippen MR) is 79.9 cm³/mol. The number of hydrogen-bond acceptors (Lipinski definition) is 7. The summed E-state index contributed by atoms with van der Waals surface area (Å²) in [5.41, 5.74) is 0.00735. The summed E-state index contributed by atoms with van der Waals surface area (Å²) in [5.74, 6) is -0.951. The number of esters is 1. The average Bonchev–Trinajstić information content (AvgIpc) is 2.88. The quantitative estimate of drug-likeness (QED) is 0.557. The van der Waals surface area contributed by atoms with Gasteiger partial charge in [0.15, 0.2) is 16.6 Å². The number of hydrogen-bond donors (Lipinski definition) is 2. The molecule has 0 saturated carbocycles. The van der Waals surface area contributed by atoms with Crippen molar-refractivity contribution in [2.75, 3.05) is 25.5 Å². The number of Topliss-reactive ketones (excluding diaryl/α,β-unsaturated/α-hetero) is 1. The van der Waals surface area contributed by atoms with Crippen LogP contribution in [0.15, 0.2) is 0 Å². The van der Waals surface area contributed by atoms with Gasteiger partial charge >= 0.3 is 5.97 Å². The summed E-state index contributed by atoms with van der Waals surface area (Å²) in [6.45, 7) is 4.37. The lowest BCUT2D eigenvalue weighted by molar-refractivity contribution is -0.120. The molecule has 116 valence electrons. The third kappa shape index (κ3) is 5.14. The minimum atomic E-state index is -0.648. The van der Waals surface area contributed by atoms with Crippen molar-refractivity contribution >= 4 is 34.1 Å². The molecule has 0 radical (unpaired) electrons. The van der Waals surface area contributed by atoms with E-state index >= 15 is 0 Å². The molecule has 1 aromatic heterocycles. The van der Waals surface area contributed by atoms with Gasteiger partial charge in [0.25, 0.3) is 0 Å². The molecule has 8 heteroatoms. The first-order chi connectivity index (χ1) is 9.99. The summed E-state index contributed by atoms with van der Waals surface area (Å²) < 4.78 is 4.59. The molecule has 0 unspecified atom stereocenters. The van der Waals surface area contributed by atoms with Gasteiger partial charge in [0.1, 0.15) is 4.88 Å². The molecule has 0 saturated heterocycles. The molecule has 2 N–H and O–H groups in total. The molecule has 0 spiro atoms. The molecule has 0 aliphatic carbocycles. The number of rotatable bonds is 8. The van der Waals surface area contributed by atoms with Gasteiger partial charge in [-0.15, -0.1) is 0 Å². The van der Waals surface area contributed by atoms with Crippen LogP contribution in [0.1, 0.15) is 46.8 Å². The highest BCUT2D eigenvalue weighted by Gasteiger charge is 2.21. The van der Waals surface area contributed by atoms with Crippen LogP contribution in [0.4, 0.5) is 5.13 Å². The number of anilines is 1. The number of nitrogens with one attached hydrogen (secondary N) is 2. The number of amides is 1. The Morgan fingerprint density at radius 3 is 2.57 bits per heavy atom. The maximum absolute atomic E-state index is 11.5. The second-order valence-corrected chi connectivity index (χ2v) is 5.27. The van der Waals surface area contributed by atoms with Crippen LogP contribution in [0.2, 0.25) is 0 Å².